The highest BCUT2D eigenvalue weighted by Crippen LogP contribution is 1.99. The van der Waals surface area contributed by atoms with Crippen molar-refractivity contribution in [3.05, 3.63) is 0 Å². The Morgan fingerprint density at radius 1 is 0.923 bits per heavy atom. The highest BCUT2D eigenvalue weighted by molar-refractivity contribution is 7.82. The van der Waals surface area contributed by atoms with E-state index in [4.69, 9.17) is 0 Å². The summed E-state index contributed by atoms with van der Waals surface area (Å²) in [6.45, 7) is 0.236. The first-order valence-corrected chi connectivity index (χ1v) is 6.47. The normalized spacial score (nSPS) is 11.8. The van der Waals surface area contributed by atoms with Gasteiger partial charge in [0.1, 0.15) is 0 Å². The van der Waals surface area contributed by atoms with Crippen LogP contribution < -0.4 is 0 Å². The summed E-state index contributed by atoms with van der Waals surface area (Å²) in [6.07, 6.45) is 1.16. The quantitative estimate of drug-likeness (QED) is 0.494. The Labute approximate surface area is 90.1 Å². The summed E-state index contributed by atoms with van der Waals surface area (Å²) >= 11 is 7.82. The second-order valence-electron chi connectivity index (χ2n) is 2.21. The Hall–Kier alpha value is 0.570. The molecular formula is C6H14O4S3. The number of rotatable bonds is 8. The van der Waals surface area contributed by atoms with Crippen molar-refractivity contribution < 1.29 is 16.8 Å². The second kappa shape index (κ2) is 7.93. The molecule has 0 radical (unpaired) electrons. The van der Waals surface area contributed by atoms with Gasteiger partial charge in [-0.15, -0.1) is 0 Å². The highest BCUT2D eigenvalue weighted by Gasteiger charge is 2.10. The van der Waals surface area contributed by atoms with Crippen LogP contribution in [0.4, 0.5) is 0 Å². The van der Waals surface area contributed by atoms with Crippen LogP contribution >= 0.6 is 25.3 Å². The van der Waals surface area contributed by atoms with Crippen molar-refractivity contribution in [3.8, 4) is 0 Å². The van der Waals surface area contributed by atoms with Crippen molar-refractivity contribution in [2.45, 2.75) is 12.8 Å². The minimum Gasteiger partial charge on any atom is -0.248 e. The number of thiol groups is 2. The van der Waals surface area contributed by atoms with E-state index in [1.807, 2.05) is 0 Å². The van der Waals surface area contributed by atoms with E-state index in [1.165, 1.54) is 0 Å². The fourth-order valence-corrected chi connectivity index (χ4v) is 1.46. The lowest BCUT2D eigenvalue weighted by Crippen LogP contribution is -2.12. The van der Waals surface area contributed by atoms with Crippen LogP contribution in [0.3, 0.4) is 0 Å². The van der Waals surface area contributed by atoms with E-state index in [2.05, 4.69) is 33.6 Å². The molecule has 0 saturated heterocycles. The van der Waals surface area contributed by atoms with Gasteiger partial charge >= 0.3 is 10.4 Å². The van der Waals surface area contributed by atoms with Crippen molar-refractivity contribution in [2.24, 2.45) is 0 Å². The molecule has 0 N–H and O–H groups in total. The number of hydrogen-bond acceptors (Lipinski definition) is 6. The minimum absolute atomic E-state index is 0.118. The molecule has 0 heterocycles. The van der Waals surface area contributed by atoms with Crippen LogP contribution in [0.25, 0.3) is 0 Å². The van der Waals surface area contributed by atoms with Crippen molar-refractivity contribution in [1.82, 2.24) is 0 Å². The van der Waals surface area contributed by atoms with E-state index in [0.717, 1.165) is 0 Å². The molecule has 13 heavy (non-hydrogen) atoms. The summed E-state index contributed by atoms with van der Waals surface area (Å²) in [5, 5.41) is 0. The molecule has 0 aromatic heterocycles. The molecule has 0 aliphatic rings. The standard InChI is InChI=1S/C6H14O4S3/c7-13(8,9-3-1-5-11)10-4-2-6-12/h11-12H,1-6H2. The first-order chi connectivity index (χ1) is 6.12. The fraction of sp³-hybridized carbons (Fsp3) is 1.00. The Morgan fingerprint density at radius 3 is 1.62 bits per heavy atom. The SMILES string of the molecule is O=S(=O)(OCCCS)OCCCS. The summed E-state index contributed by atoms with van der Waals surface area (Å²) in [5.41, 5.74) is 0. The molecule has 0 bridgehead atoms. The van der Waals surface area contributed by atoms with Crippen LogP contribution in [0, 0.1) is 0 Å². The largest absolute Gasteiger partial charge is 0.399 e. The Bertz CT molecular complexity index is 186. The highest BCUT2D eigenvalue weighted by atomic mass is 32.3. The molecule has 0 spiro atoms. The molecule has 0 rings (SSSR count). The summed E-state index contributed by atoms with van der Waals surface area (Å²) in [7, 11) is -3.79. The van der Waals surface area contributed by atoms with Gasteiger partial charge in [0.2, 0.25) is 0 Å². The van der Waals surface area contributed by atoms with Gasteiger partial charge in [0, 0.05) is 0 Å². The van der Waals surface area contributed by atoms with Crippen LogP contribution in [0.15, 0.2) is 0 Å². The molecule has 0 aliphatic carbocycles. The summed E-state index contributed by atoms with van der Waals surface area (Å²) in [6, 6.07) is 0. The topological polar surface area (TPSA) is 52.6 Å². The van der Waals surface area contributed by atoms with Crippen molar-refractivity contribution >= 4 is 35.7 Å². The molecule has 0 saturated carbocycles. The molecule has 0 aromatic rings. The van der Waals surface area contributed by atoms with Gasteiger partial charge in [-0.3, -0.25) is 0 Å². The zero-order valence-electron chi connectivity index (χ0n) is 7.18. The van der Waals surface area contributed by atoms with Crippen molar-refractivity contribution in [2.75, 3.05) is 24.7 Å². The molecule has 0 amide bonds. The third kappa shape index (κ3) is 8.89. The molecule has 0 atom stereocenters. The maximum absolute atomic E-state index is 10.9. The molecule has 0 aromatic carbocycles. The lowest BCUT2D eigenvalue weighted by Gasteiger charge is -2.03. The van der Waals surface area contributed by atoms with E-state index < -0.39 is 10.4 Å². The summed E-state index contributed by atoms with van der Waals surface area (Å²) < 4.78 is 30.8. The smallest absolute Gasteiger partial charge is 0.248 e. The lowest BCUT2D eigenvalue weighted by molar-refractivity contribution is 0.216. The van der Waals surface area contributed by atoms with E-state index in [0.29, 0.717) is 24.3 Å². The van der Waals surface area contributed by atoms with Crippen LogP contribution in [0.5, 0.6) is 0 Å². The average molecular weight is 246 g/mol. The third-order valence-corrected chi connectivity index (χ3v) is 2.60. The molecular weight excluding hydrogens is 232 g/mol. The predicted octanol–water partition coefficient (Wildman–Crippen LogP) is 0.904. The first kappa shape index (κ1) is 13.6. The van der Waals surface area contributed by atoms with Gasteiger partial charge in [0.25, 0.3) is 0 Å². The Morgan fingerprint density at radius 2 is 1.31 bits per heavy atom. The van der Waals surface area contributed by atoms with Crippen LogP contribution in [-0.4, -0.2) is 33.1 Å². The third-order valence-electron chi connectivity index (χ3n) is 1.06. The lowest BCUT2D eigenvalue weighted by atomic mass is 10.5. The first-order valence-electron chi connectivity index (χ1n) is 3.88. The van der Waals surface area contributed by atoms with E-state index in [-0.39, 0.29) is 13.2 Å². The maximum Gasteiger partial charge on any atom is 0.399 e. The Kier molecular flexibility index (Phi) is 8.27. The summed E-state index contributed by atoms with van der Waals surface area (Å²) in [4.78, 5) is 0. The minimum atomic E-state index is -3.79. The van der Waals surface area contributed by atoms with Gasteiger partial charge in [0.05, 0.1) is 13.2 Å². The second-order valence-corrected chi connectivity index (χ2v) is 4.39. The van der Waals surface area contributed by atoms with E-state index >= 15 is 0 Å². The zero-order chi connectivity index (χ0) is 10.2. The molecule has 0 fully saturated rings. The van der Waals surface area contributed by atoms with Gasteiger partial charge < -0.3 is 0 Å². The zero-order valence-corrected chi connectivity index (χ0v) is 9.78. The molecule has 80 valence electrons. The number of hydrogen-bond donors (Lipinski definition) is 2. The van der Waals surface area contributed by atoms with Crippen LogP contribution in [-0.2, 0) is 18.8 Å². The monoisotopic (exact) mass is 246 g/mol. The van der Waals surface area contributed by atoms with Gasteiger partial charge in [-0.1, -0.05) is 0 Å². The fourth-order valence-electron chi connectivity index (χ4n) is 0.485. The maximum atomic E-state index is 10.9. The van der Waals surface area contributed by atoms with Gasteiger partial charge in [0.15, 0.2) is 0 Å². The van der Waals surface area contributed by atoms with E-state index in [9.17, 15) is 8.42 Å². The van der Waals surface area contributed by atoms with Crippen molar-refractivity contribution in [1.29, 1.82) is 0 Å². The van der Waals surface area contributed by atoms with E-state index in [1.54, 1.807) is 0 Å². The molecule has 4 nitrogen and oxygen atoms in total. The molecule has 0 unspecified atom stereocenters. The van der Waals surface area contributed by atoms with Crippen LogP contribution in [0.1, 0.15) is 12.8 Å². The molecule has 0 aliphatic heterocycles. The van der Waals surface area contributed by atoms with Gasteiger partial charge in [-0.05, 0) is 24.3 Å². The van der Waals surface area contributed by atoms with Gasteiger partial charge in [-0.2, -0.15) is 33.7 Å². The van der Waals surface area contributed by atoms with Crippen LogP contribution in [0.2, 0.25) is 0 Å². The Balaban J connectivity index is 3.55. The van der Waals surface area contributed by atoms with Gasteiger partial charge in [-0.25, -0.2) is 8.37 Å². The average Bonchev–Trinajstić information content (AvgIpc) is 2.05. The summed E-state index contributed by atoms with van der Waals surface area (Å²) in [5.74, 6) is 1.18. The van der Waals surface area contributed by atoms with Crippen molar-refractivity contribution in [3.63, 3.8) is 0 Å². The molecule has 7 heteroatoms. The predicted molar refractivity (Wildman–Crippen MR) is 57.8 cm³/mol.